The molecule has 132 valence electrons. The minimum absolute atomic E-state index is 0.133. The first-order valence-corrected chi connectivity index (χ1v) is 8.43. The maximum absolute atomic E-state index is 12.7. The Morgan fingerprint density at radius 2 is 2.04 bits per heavy atom. The van der Waals surface area contributed by atoms with Crippen molar-refractivity contribution >= 4 is 5.91 Å². The van der Waals surface area contributed by atoms with Crippen molar-refractivity contribution in [3.05, 3.63) is 72.2 Å². The summed E-state index contributed by atoms with van der Waals surface area (Å²) in [6.07, 6.45) is 3.36. The highest BCUT2D eigenvalue weighted by Crippen LogP contribution is 2.36. The van der Waals surface area contributed by atoms with Gasteiger partial charge in [-0.1, -0.05) is 35.5 Å². The largest absolute Gasteiger partial charge is 0.384 e. The smallest absolute Gasteiger partial charge is 0.276 e. The predicted molar refractivity (Wildman–Crippen MR) is 95.6 cm³/mol. The Labute approximate surface area is 151 Å². The van der Waals surface area contributed by atoms with E-state index in [1.807, 2.05) is 30.3 Å². The van der Waals surface area contributed by atoms with E-state index in [1.165, 1.54) is 5.56 Å². The molecule has 1 aromatic carbocycles. The number of aromatic nitrogens is 2. The Morgan fingerprint density at radius 1 is 1.23 bits per heavy atom. The highest BCUT2D eigenvalue weighted by molar-refractivity contribution is 5.94. The summed E-state index contributed by atoms with van der Waals surface area (Å²) in [6, 6.07) is 15.5. The minimum atomic E-state index is -0.165. The first-order valence-electron chi connectivity index (χ1n) is 8.43. The lowest BCUT2D eigenvalue weighted by molar-refractivity contribution is 0.00588. The number of hydrogen-bond donors (Lipinski definition) is 0. The molecule has 6 nitrogen and oxygen atoms in total. The molecule has 1 fully saturated rings. The lowest BCUT2D eigenvalue weighted by Gasteiger charge is -2.49. The molecular formula is C20H19N3O3. The number of pyridine rings is 1. The van der Waals surface area contributed by atoms with Gasteiger partial charge in [-0.3, -0.25) is 9.78 Å². The lowest BCUT2D eigenvalue weighted by Crippen LogP contribution is -2.63. The quantitative estimate of drug-likeness (QED) is 0.708. The van der Waals surface area contributed by atoms with Gasteiger partial charge in [0.25, 0.3) is 5.91 Å². The van der Waals surface area contributed by atoms with Gasteiger partial charge < -0.3 is 14.2 Å². The van der Waals surface area contributed by atoms with E-state index in [1.54, 1.807) is 30.5 Å². The van der Waals surface area contributed by atoms with Gasteiger partial charge in [-0.05, 0) is 17.7 Å². The van der Waals surface area contributed by atoms with Crippen LogP contribution < -0.4 is 0 Å². The normalized spacial score (nSPS) is 15.5. The molecule has 0 saturated carbocycles. The summed E-state index contributed by atoms with van der Waals surface area (Å²) >= 11 is 0. The van der Waals surface area contributed by atoms with Crippen molar-refractivity contribution in [2.45, 2.75) is 5.41 Å². The third kappa shape index (κ3) is 2.88. The van der Waals surface area contributed by atoms with Crippen LogP contribution in [0, 0.1) is 0 Å². The van der Waals surface area contributed by atoms with Gasteiger partial charge in [0.15, 0.2) is 11.5 Å². The number of ether oxygens (including phenoxy) is 1. The van der Waals surface area contributed by atoms with Crippen LogP contribution in [0.15, 0.2) is 65.4 Å². The monoisotopic (exact) mass is 349 g/mol. The third-order valence-electron chi connectivity index (χ3n) is 4.76. The molecule has 2 aromatic heterocycles. The molecular weight excluding hydrogens is 330 g/mol. The van der Waals surface area contributed by atoms with E-state index in [4.69, 9.17) is 9.26 Å². The molecule has 0 bridgehead atoms. The number of benzene rings is 1. The van der Waals surface area contributed by atoms with Crippen LogP contribution in [-0.4, -0.2) is 47.8 Å². The maximum Gasteiger partial charge on any atom is 0.276 e. The van der Waals surface area contributed by atoms with Gasteiger partial charge in [-0.2, -0.15) is 0 Å². The molecule has 0 radical (unpaired) electrons. The zero-order chi connectivity index (χ0) is 18.0. The summed E-state index contributed by atoms with van der Waals surface area (Å²) in [5.74, 6) is 0.403. The van der Waals surface area contributed by atoms with E-state index in [9.17, 15) is 4.79 Å². The van der Waals surface area contributed by atoms with Gasteiger partial charge >= 0.3 is 0 Å². The Hall–Kier alpha value is -2.99. The zero-order valence-electron chi connectivity index (χ0n) is 14.5. The number of amides is 1. The fourth-order valence-corrected chi connectivity index (χ4v) is 3.44. The topological polar surface area (TPSA) is 68.5 Å². The van der Waals surface area contributed by atoms with E-state index >= 15 is 0 Å². The highest BCUT2D eigenvalue weighted by atomic mass is 16.5. The van der Waals surface area contributed by atoms with Crippen LogP contribution in [0.25, 0.3) is 11.3 Å². The molecule has 4 rings (SSSR count). The van der Waals surface area contributed by atoms with Crippen molar-refractivity contribution in [3.8, 4) is 11.3 Å². The molecule has 0 aliphatic carbocycles. The van der Waals surface area contributed by atoms with Gasteiger partial charge in [0.05, 0.1) is 12.0 Å². The third-order valence-corrected chi connectivity index (χ3v) is 4.76. The van der Waals surface area contributed by atoms with Crippen LogP contribution in [0.3, 0.4) is 0 Å². The predicted octanol–water partition coefficient (Wildman–Crippen LogP) is 2.78. The van der Waals surface area contributed by atoms with Gasteiger partial charge in [-0.25, -0.2) is 0 Å². The van der Waals surface area contributed by atoms with Crippen LogP contribution >= 0.6 is 0 Å². The second-order valence-electron chi connectivity index (χ2n) is 6.56. The van der Waals surface area contributed by atoms with Crippen LogP contribution in [-0.2, 0) is 10.2 Å². The SMILES string of the molecule is COCC1(c2ccccc2)CN(C(=O)c2cc(-c3cccnc3)on2)C1. The number of rotatable bonds is 5. The fraction of sp³-hybridized carbons (Fsp3) is 0.250. The maximum atomic E-state index is 12.7. The summed E-state index contributed by atoms with van der Waals surface area (Å²) in [7, 11) is 1.69. The molecule has 0 atom stereocenters. The van der Waals surface area contributed by atoms with Crippen LogP contribution in [0.1, 0.15) is 16.1 Å². The van der Waals surface area contributed by atoms with Crippen LogP contribution in [0.4, 0.5) is 0 Å². The molecule has 26 heavy (non-hydrogen) atoms. The first-order chi connectivity index (χ1) is 12.7. The standard InChI is InChI=1S/C20H19N3O3/c1-25-14-20(16-7-3-2-4-8-16)12-23(13-20)19(24)17-10-18(26-22-17)15-6-5-9-21-11-15/h2-11H,12-14H2,1H3. The second kappa shape index (κ2) is 6.72. The zero-order valence-corrected chi connectivity index (χ0v) is 14.5. The van der Waals surface area contributed by atoms with Crippen molar-refractivity contribution in [2.24, 2.45) is 0 Å². The molecule has 3 heterocycles. The number of likely N-dealkylation sites (tertiary alicyclic amines) is 1. The molecule has 1 aliphatic rings. The van der Waals surface area contributed by atoms with Crippen molar-refractivity contribution < 1.29 is 14.1 Å². The van der Waals surface area contributed by atoms with Gasteiger partial charge in [0, 0.05) is 44.2 Å². The summed E-state index contributed by atoms with van der Waals surface area (Å²) in [6.45, 7) is 1.76. The van der Waals surface area contributed by atoms with E-state index < -0.39 is 0 Å². The molecule has 6 heteroatoms. The summed E-state index contributed by atoms with van der Waals surface area (Å²) in [5, 5.41) is 3.94. The van der Waals surface area contributed by atoms with E-state index in [2.05, 4.69) is 22.3 Å². The number of carbonyl (C=O) groups is 1. The van der Waals surface area contributed by atoms with E-state index in [0.29, 0.717) is 31.2 Å². The Morgan fingerprint density at radius 3 is 2.73 bits per heavy atom. The van der Waals surface area contributed by atoms with Gasteiger partial charge in [0.2, 0.25) is 0 Å². The Bertz CT molecular complexity index is 887. The second-order valence-corrected chi connectivity index (χ2v) is 6.56. The molecule has 1 saturated heterocycles. The molecule has 0 spiro atoms. The summed E-state index contributed by atoms with van der Waals surface area (Å²) in [5.41, 5.74) is 2.12. The van der Waals surface area contributed by atoms with Crippen molar-refractivity contribution in [1.82, 2.24) is 15.0 Å². The summed E-state index contributed by atoms with van der Waals surface area (Å²) in [4.78, 5) is 18.6. The lowest BCUT2D eigenvalue weighted by atomic mass is 9.74. The Kier molecular flexibility index (Phi) is 4.26. The molecule has 3 aromatic rings. The van der Waals surface area contributed by atoms with E-state index in [0.717, 1.165) is 5.56 Å². The highest BCUT2D eigenvalue weighted by Gasteiger charge is 2.47. The van der Waals surface area contributed by atoms with Crippen molar-refractivity contribution in [3.63, 3.8) is 0 Å². The fourth-order valence-electron chi connectivity index (χ4n) is 3.44. The number of carbonyl (C=O) groups excluding carboxylic acids is 1. The first kappa shape index (κ1) is 16.5. The molecule has 0 unspecified atom stereocenters. The van der Waals surface area contributed by atoms with Crippen molar-refractivity contribution in [1.29, 1.82) is 0 Å². The van der Waals surface area contributed by atoms with E-state index in [-0.39, 0.29) is 11.3 Å². The number of methoxy groups -OCH3 is 1. The molecule has 0 N–H and O–H groups in total. The van der Waals surface area contributed by atoms with Crippen LogP contribution in [0.2, 0.25) is 0 Å². The van der Waals surface area contributed by atoms with Gasteiger partial charge in [-0.15, -0.1) is 0 Å². The van der Waals surface area contributed by atoms with Crippen LogP contribution in [0.5, 0.6) is 0 Å². The van der Waals surface area contributed by atoms with Gasteiger partial charge in [0.1, 0.15) is 0 Å². The average Bonchev–Trinajstić information content (AvgIpc) is 3.15. The summed E-state index contributed by atoms with van der Waals surface area (Å²) < 4.78 is 10.7. The molecule has 1 amide bonds. The number of hydrogen-bond acceptors (Lipinski definition) is 5. The Balaban J connectivity index is 1.50. The minimum Gasteiger partial charge on any atom is -0.384 e. The average molecular weight is 349 g/mol. The molecule has 1 aliphatic heterocycles. The number of nitrogens with zero attached hydrogens (tertiary/aromatic N) is 3. The van der Waals surface area contributed by atoms with Crippen molar-refractivity contribution in [2.75, 3.05) is 26.8 Å².